The van der Waals surface area contributed by atoms with Gasteiger partial charge in [0.2, 0.25) is 5.91 Å². The van der Waals surface area contributed by atoms with Gasteiger partial charge in [-0.05, 0) is 86.8 Å². The number of nitrogens with one attached hydrogen (secondary N) is 2. The number of carbonyl (C=O) groups excluding carboxylic acids is 5. The molecule has 2 rings (SSSR count). The van der Waals surface area contributed by atoms with E-state index in [2.05, 4.69) is 10.6 Å². The van der Waals surface area contributed by atoms with E-state index in [1.165, 1.54) is 0 Å². The van der Waals surface area contributed by atoms with E-state index in [4.69, 9.17) is 33.2 Å². The van der Waals surface area contributed by atoms with Gasteiger partial charge in [-0.25, -0.2) is 4.79 Å². The molecule has 54 heavy (non-hydrogen) atoms. The first-order valence-corrected chi connectivity index (χ1v) is 18.6. The molecule has 0 saturated heterocycles. The fraction of sp³-hybridized carbons (Fsp3) is 0.675. The molecule has 1 aliphatic carbocycles. The largest absolute Gasteiger partial charge is 0.460 e. The van der Waals surface area contributed by atoms with Crippen LogP contribution in [0.15, 0.2) is 42.0 Å². The van der Waals surface area contributed by atoms with Crippen LogP contribution in [0.5, 0.6) is 0 Å². The quantitative estimate of drug-likeness (QED) is 0.0973. The first kappa shape index (κ1) is 46.1. The second-order valence-electron chi connectivity index (χ2n) is 15.9. The number of rotatable bonds is 20. The second-order valence-corrected chi connectivity index (χ2v) is 15.9. The lowest BCUT2D eigenvalue weighted by Gasteiger charge is -2.36. The third-order valence-corrected chi connectivity index (χ3v) is 7.27. The van der Waals surface area contributed by atoms with Crippen LogP contribution in [0.2, 0.25) is 0 Å². The molecule has 0 heterocycles. The molecule has 14 heteroatoms. The van der Waals surface area contributed by atoms with Crippen LogP contribution in [0, 0.1) is 0 Å². The fourth-order valence-electron chi connectivity index (χ4n) is 5.13. The molecule has 0 aliphatic heterocycles. The summed E-state index contributed by atoms with van der Waals surface area (Å²) in [6.45, 7) is 16.7. The maximum atomic E-state index is 13.4. The highest BCUT2D eigenvalue weighted by atomic mass is 16.6. The third-order valence-electron chi connectivity index (χ3n) is 7.27. The highest BCUT2D eigenvalue weighted by molar-refractivity contribution is 5.93. The first-order valence-electron chi connectivity index (χ1n) is 18.6. The zero-order chi connectivity index (χ0) is 40.4. The maximum Gasteiger partial charge on any atom is 0.407 e. The summed E-state index contributed by atoms with van der Waals surface area (Å²) >= 11 is 0. The van der Waals surface area contributed by atoms with Gasteiger partial charge < -0.3 is 43.8 Å². The first-order chi connectivity index (χ1) is 25.2. The molecule has 3 atom stereocenters. The summed E-state index contributed by atoms with van der Waals surface area (Å²) in [6, 6.07) is 9.37. The van der Waals surface area contributed by atoms with Crippen molar-refractivity contribution < 1.29 is 57.1 Å². The molecule has 0 unspecified atom stereocenters. The number of ether oxygens (including phenoxy) is 7. The Morgan fingerprint density at radius 3 is 1.65 bits per heavy atom. The van der Waals surface area contributed by atoms with E-state index >= 15 is 0 Å². The molecular formula is C40H62N2O12. The Labute approximate surface area is 320 Å². The van der Waals surface area contributed by atoms with Gasteiger partial charge in [-0.1, -0.05) is 30.3 Å². The van der Waals surface area contributed by atoms with E-state index in [9.17, 15) is 24.0 Å². The fourth-order valence-corrected chi connectivity index (χ4v) is 5.13. The Morgan fingerprint density at radius 2 is 1.13 bits per heavy atom. The van der Waals surface area contributed by atoms with Crippen molar-refractivity contribution >= 4 is 29.9 Å². The van der Waals surface area contributed by atoms with Gasteiger partial charge in [0.1, 0.15) is 35.6 Å². The molecule has 2 amide bonds. The summed E-state index contributed by atoms with van der Waals surface area (Å²) < 4.78 is 39.9. The molecule has 2 N–H and O–H groups in total. The molecule has 0 radical (unpaired) electrons. The summed E-state index contributed by atoms with van der Waals surface area (Å²) in [7, 11) is 0. The topological polar surface area (TPSA) is 174 Å². The summed E-state index contributed by atoms with van der Waals surface area (Å²) in [4.78, 5) is 62.8. The average Bonchev–Trinajstić information content (AvgIpc) is 3.04. The van der Waals surface area contributed by atoms with Crippen LogP contribution < -0.4 is 10.6 Å². The molecule has 0 bridgehead atoms. The Hall–Kier alpha value is -4.01. The lowest BCUT2D eigenvalue weighted by molar-refractivity contribution is -0.166. The van der Waals surface area contributed by atoms with Gasteiger partial charge in [-0.2, -0.15) is 0 Å². The Kier molecular flexibility index (Phi) is 19.1. The van der Waals surface area contributed by atoms with Crippen molar-refractivity contribution in [3.8, 4) is 0 Å². The molecule has 1 aromatic carbocycles. The highest BCUT2D eigenvalue weighted by Gasteiger charge is 2.38. The maximum absolute atomic E-state index is 13.4. The van der Waals surface area contributed by atoms with E-state index in [0.717, 1.165) is 5.56 Å². The van der Waals surface area contributed by atoms with Crippen LogP contribution >= 0.6 is 0 Å². The number of alkyl carbamates (subject to hydrolysis) is 1. The lowest BCUT2D eigenvalue weighted by atomic mass is 9.91. The number of amides is 2. The van der Waals surface area contributed by atoms with Crippen LogP contribution in [0.3, 0.4) is 0 Å². The van der Waals surface area contributed by atoms with Gasteiger partial charge in [0.05, 0.1) is 45.2 Å². The van der Waals surface area contributed by atoms with Crippen molar-refractivity contribution in [3.63, 3.8) is 0 Å². The SMILES string of the molecule is CC(C)(C)OC(=O)CCO[C@@H]1[C@H](OCCC(=O)OC(C)(C)C)C=C(C(=O)NCCCCNC(=O)OCc2ccccc2)C[C@H]1OCCC(=O)OC(C)(C)C. The Morgan fingerprint density at radius 1 is 0.648 bits per heavy atom. The zero-order valence-electron chi connectivity index (χ0n) is 33.6. The van der Waals surface area contributed by atoms with Crippen LogP contribution in [-0.2, 0) is 58.9 Å². The van der Waals surface area contributed by atoms with Gasteiger partial charge in [0.15, 0.2) is 0 Å². The number of esters is 3. The Balaban J connectivity index is 2.09. The van der Waals surface area contributed by atoms with Crippen LogP contribution in [-0.4, -0.2) is 97.9 Å². The normalized spacial score (nSPS) is 17.5. The molecule has 14 nitrogen and oxygen atoms in total. The van der Waals surface area contributed by atoms with E-state index in [0.29, 0.717) is 31.5 Å². The predicted octanol–water partition coefficient (Wildman–Crippen LogP) is 5.49. The van der Waals surface area contributed by atoms with Gasteiger partial charge in [-0.3, -0.25) is 19.2 Å². The van der Waals surface area contributed by atoms with Crippen molar-refractivity contribution in [1.29, 1.82) is 0 Å². The van der Waals surface area contributed by atoms with Gasteiger partial charge in [-0.15, -0.1) is 0 Å². The molecule has 0 spiro atoms. The molecule has 1 aromatic rings. The van der Waals surface area contributed by atoms with Crippen LogP contribution in [0.4, 0.5) is 4.79 Å². The van der Waals surface area contributed by atoms with Gasteiger partial charge in [0, 0.05) is 25.1 Å². The van der Waals surface area contributed by atoms with E-state index in [1.54, 1.807) is 68.4 Å². The molecular weight excluding hydrogens is 700 g/mol. The van der Waals surface area contributed by atoms with Crippen LogP contribution in [0.1, 0.15) is 106 Å². The summed E-state index contributed by atoms with van der Waals surface area (Å²) in [5, 5.41) is 5.62. The van der Waals surface area contributed by atoms with Crippen molar-refractivity contribution in [3.05, 3.63) is 47.5 Å². The minimum absolute atomic E-state index is 0.0220. The van der Waals surface area contributed by atoms with E-state index in [1.807, 2.05) is 30.3 Å². The van der Waals surface area contributed by atoms with Crippen molar-refractivity contribution in [2.45, 2.75) is 143 Å². The summed E-state index contributed by atoms with van der Waals surface area (Å²) in [6.07, 6.45) is -0.110. The smallest absolute Gasteiger partial charge is 0.407 e. The van der Waals surface area contributed by atoms with Crippen LogP contribution in [0.25, 0.3) is 0 Å². The third kappa shape index (κ3) is 21.0. The van der Waals surface area contributed by atoms with E-state index < -0.39 is 59.1 Å². The standard InChI is InChI=1S/C40H62N2O12/c1-38(2,3)52-32(43)17-22-48-30-25-29(36(46)41-20-13-14-21-42-37(47)51-27-28-15-11-10-12-16-28)26-31(49-23-18-33(44)53-39(4,5)6)35(30)50-24-19-34(45)54-40(7,8)9/h10-12,15-16,25,30-31,35H,13-14,17-24,26-27H2,1-9H3,(H,41,46)(H,42,47)/t30-,31-,35-/m1/s1. The number of hydrogen-bond donors (Lipinski definition) is 2. The number of hydrogen-bond acceptors (Lipinski definition) is 12. The monoisotopic (exact) mass is 762 g/mol. The second kappa shape index (κ2) is 22.4. The Bertz CT molecular complexity index is 1380. The van der Waals surface area contributed by atoms with Crippen molar-refractivity contribution in [2.75, 3.05) is 32.9 Å². The summed E-state index contributed by atoms with van der Waals surface area (Å²) in [5.41, 5.74) is -0.752. The summed E-state index contributed by atoms with van der Waals surface area (Å²) in [5.74, 6) is -1.69. The van der Waals surface area contributed by atoms with Gasteiger partial charge in [0.25, 0.3) is 0 Å². The molecule has 0 fully saturated rings. The van der Waals surface area contributed by atoms with Crippen molar-refractivity contribution in [1.82, 2.24) is 10.6 Å². The highest BCUT2D eigenvalue weighted by Crippen LogP contribution is 2.28. The molecule has 304 valence electrons. The lowest BCUT2D eigenvalue weighted by Crippen LogP contribution is -2.47. The average molecular weight is 763 g/mol. The number of unbranched alkanes of at least 4 members (excludes halogenated alkanes) is 1. The minimum Gasteiger partial charge on any atom is -0.460 e. The van der Waals surface area contributed by atoms with E-state index in [-0.39, 0.29) is 58.0 Å². The molecule has 1 aliphatic rings. The molecule has 0 aromatic heterocycles. The molecule has 0 saturated carbocycles. The minimum atomic E-state index is -0.849. The number of benzene rings is 1. The predicted molar refractivity (Wildman–Crippen MR) is 200 cm³/mol. The van der Waals surface area contributed by atoms with Gasteiger partial charge >= 0.3 is 24.0 Å². The number of carbonyl (C=O) groups is 5. The van der Waals surface area contributed by atoms with Crippen molar-refractivity contribution in [2.24, 2.45) is 0 Å². The zero-order valence-corrected chi connectivity index (χ0v) is 33.6.